The monoisotopic (exact) mass is 354 g/mol. The molecule has 26 heavy (non-hydrogen) atoms. The number of halogens is 2. The second-order valence-corrected chi connectivity index (χ2v) is 6.33. The molecule has 1 aliphatic heterocycles. The van der Waals surface area contributed by atoms with E-state index in [4.69, 9.17) is 0 Å². The summed E-state index contributed by atoms with van der Waals surface area (Å²) in [7, 11) is 0. The van der Waals surface area contributed by atoms with Crippen molar-refractivity contribution in [2.45, 2.75) is 19.5 Å². The Hall–Kier alpha value is -3.09. The Morgan fingerprint density at radius 1 is 1.12 bits per heavy atom. The minimum atomic E-state index is -0.735. The summed E-state index contributed by atoms with van der Waals surface area (Å²) in [5.74, 6) is -0.579. The van der Waals surface area contributed by atoms with Crippen LogP contribution >= 0.6 is 0 Å². The third kappa shape index (κ3) is 2.75. The highest BCUT2D eigenvalue weighted by atomic mass is 19.1. The molecule has 5 nitrogen and oxygen atoms in total. The van der Waals surface area contributed by atoms with E-state index in [1.54, 1.807) is 0 Å². The summed E-state index contributed by atoms with van der Waals surface area (Å²) in [6.45, 7) is 2.50. The Kier molecular flexibility index (Phi) is 3.99. The number of carbonyl (C=O) groups is 1. The quantitative estimate of drug-likeness (QED) is 0.708. The normalized spacial score (nSPS) is 16.4. The predicted molar refractivity (Wildman–Crippen MR) is 91.3 cm³/mol. The zero-order valence-electron chi connectivity index (χ0n) is 14.1. The van der Waals surface area contributed by atoms with Crippen LogP contribution in [0.3, 0.4) is 0 Å². The van der Waals surface area contributed by atoms with Crippen molar-refractivity contribution in [3.8, 4) is 11.4 Å². The molecule has 2 aromatic carbocycles. The van der Waals surface area contributed by atoms with E-state index in [9.17, 15) is 13.6 Å². The molecule has 1 aromatic heterocycles. The van der Waals surface area contributed by atoms with Gasteiger partial charge in [0, 0.05) is 12.1 Å². The average molecular weight is 354 g/mol. The second kappa shape index (κ2) is 6.33. The van der Waals surface area contributed by atoms with Gasteiger partial charge in [-0.15, -0.1) is 10.2 Å². The van der Waals surface area contributed by atoms with Crippen LogP contribution in [0, 0.1) is 11.6 Å². The minimum Gasteiger partial charge on any atom is -0.329 e. The van der Waals surface area contributed by atoms with Crippen molar-refractivity contribution >= 4 is 5.91 Å². The minimum absolute atomic E-state index is 0.0930. The number of nitrogens with zero attached hydrogens (tertiary/aromatic N) is 4. The Bertz CT molecular complexity index is 971. The van der Waals surface area contributed by atoms with Crippen LogP contribution in [0.1, 0.15) is 29.1 Å². The maximum absolute atomic E-state index is 13.9. The molecule has 0 radical (unpaired) electrons. The lowest BCUT2D eigenvalue weighted by molar-refractivity contribution is 0.0677. The molecule has 0 N–H and O–H groups in total. The maximum Gasteiger partial charge on any atom is 0.257 e. The van der Waals surface area contributed by atoms with Crippen molar-refractivity contribution in [1.82, 2.24) is 19.7 Å². The van der Waals surface area contributed by atoms with Crippen molar-refractivity contribution in [1.29, 1.82) is 0 Å². The number of amides is 1. The van der Waals surface area contributed by atoms with Gasteiger partial charge in [-0.2, -0.15) is 0 Å². The molecule has 1 aliphatic rings. The van der Waals surface area contributed by atoms with Crippen molar-refractivity contribution in [2.75, 3.05) is 6.54 Å². The zero-order valence-corrected chi connectivity index (χ0v) is 14.1. The van der Waals surface area contributed by atoms with E-state index in [1.165, 1.54) is 4.90 Å². The summed E-state index contributed by atoms with van der Waals surface area (Å²) in [5.41, 5.74) is 0.669. The van der Waals surface area contributed by atoms with Gasteiger partial charge in [-0.25, -0.2) is 8.78 Å². The fraction of sp³-hybridized carbons (Fsp3) is 0.211. The zero-order chi connectivity index (χ0) is 18.3. The van der Waals surface area contributed by atoms with Crippen molar-refractivity contribution in [2.24, 2.45) is 0 Å². The van der Waals surface area contributed by atoms with Gasteiger partial charge < -0.3 is 9.47 Å². The van der Waals surface area contributed by atoms with E-state index >= 15 is 0 Å². The van der Waals surface area contributed by atoms with Gasteiger partial charge in [0.25, 0.3) is 5.91 Å². The number of hydrogen-bond donors (Lipinski definition) is 0. The molecule has 4 rings (SSSR count). The van der Waals surface area contributed by atoms with E-state index < -0.39 is 17.5 Å². The van der Waals surface area contributed by atoms with E-state index in [2.05, 4.69) is 10.2 Å². The summed E-state index contributed by atoms with van der Waals surface area (Å²) in [5, 5.41) is 8.46. The van der Waals surface area contributed by atoms with Crippen molar-refractivity contribution in [3.05, 3.63) is 71.6 Å². The molecule has 0 saturated heterocycles. The highest BCUT2D eigenvalue weighted by molar-refractivity contribution is 5.94. The van der Waals surface area contributed by atoms with Gasteiger partial charge in [0.05, 0.1) is 18.2 Å². The van der Waals surface area contributed by atoms with E-state index in [0.717, 1.165) is 29.6 Å². The number of fused-ring (bicyclic) bond motifs is 1. The largest absolute Gasteiger partial charge is 0.329 e. The molecule has 132 valence electrons. The Morgan fingerprint density at radius 2 is 1.88 bits per heavy atom. The van der Waals surface area contributed by atoms with Crippen LogP contribution in [0.15, 0.2) is 48.5 Å². The smallest absolute Gasteiger partial charge is 0.257 e. The predicted octanol–water partition coefficient (Wildman–Crippen LogP) is 3.44. The molecule has 1 amide bonds. The van der Waals surface area contributed by atoms with Crippen LogP contribution < -0.4 is 0 Å². The molecule has 3 aromatic rings. The van der Waals surface area contributed by atoms with Crippen LogP contribution in [0.4, 0.5) is 8.78 Å². The molecule has 1 atom stereocenters. The van der Waals surface area contributed by atoms with Gasteiger partial charge in [-0.05, 0) is 25.1 Å². The Labute approximate surface area is 148 Å². The molecule has 0 bridgehead atoms. The summed E-state index contributed by atoms with van der Waals surface area (Å²) < 4.78 is 29.4. The van der Waals surface area contributed by atoms with Crippen LogP contribution in [-0.2, 0) is 6.54 Å². The first-order valence-electron chi connectivity index (χ1n) is 8.28. The summed E-state index contributed by atoms with van der Waals surface area (Å²) in [6.07, 6.45) is 0. The Balaban J connectivity index is 1.66. The van der Waals surface area contributed by atoms with E-state index in [0.29, 0.717) is 12.4 Å². The van der Waals surface area contributed by atoms with Crippen LogP contribution in [0.25, 0.3) is 11.4 Å². The van der Waals surface area contributed by atoms with Gasteiger partial charge in [0.2, 0.25) is 0 Å². The average Bonchev–Trinajstić information content (AvgIpc) is 3.08. The summed E-state index contributed by atoms with van der Waals surface area (Å²) >= 11 is 0. The van der Waals surface area contributed by atoms with Crippen LogP contribution in [0.5, 0.6) is 0 Å². The fourth-order valence-electron chi connectivity index (χ4n) is 3.30. The highest BCUT2D eigenvalue weighted by Crippen LogP contribution is 2.28. The molecule has 2 heterocycles. The Morgan fingerprint density at radius 3 is 2.65 bits per heavy atom. The van der Waals surface area contributed by atoms with Gasteiger partial charge in [0.15, 0.2) is 11.6 Å². The molecule has 0 aliphatic carbocycles. The number of rotatable bonds is 2. The SMILES string of the molecule is C[C@H]1CN(C(=O)c2cc(F)ccc2F)Cc2nnc(-c3ccccc3)n21. The lowest BCUT2D eigenvalue weighted by Gasteiger charge is -2.32. The molecular formula is C19H16F2N4O. The first-order chi connectivity index (χ1) is 12.5. The lowest BCUT2D eigenvalue weighted by atomic mass is 10.1. The van der Waals surface area contributed by atoms with Gasteiger partial charge >= 0.3 is 0 Å². The van der Waals surface area contributed by atoms with Crippen LogP contribution in [-0.4, -0.2) is 32.1 Å². The topological polar surface area (TPSA) is 51.0 Å². The number of aromatic nitrogens is 3. The summed E-state index contributed by atoms with van der Waals surface area (Å²) in [4.78, 5) is 14.1. The number of benzene rings is 2. The van der Waals surface area contributed by atoms with E-state index in [1.807, 2.05) is 41.8 Å². The molecule has 0 unspecified atom stereocenters. The molecule has 7 heteroatoms. The third-order valence-corrected chi connectivity index (χ3v) is 4.50. The van der Waals surface area contributed by atoms with E-state index in [-0.39, 0.29) is 18.2 Å². The summed E-state index contributed by atoms with van der Waals surface area (Å²) in [6, 6.07) is 12.5. The fourth-order valence-corrected chi connectivity index (χ4v) is 3.30. The standard InChI is InChI=1S/C19H16F2N4O/c1-12-10-24(19(26)15-9-14(20)7-8-16(15)21)11-17-22-23-18(25(12)17)13-5-3-2-4-6-13/h2-9,12H,10-11H2,1H3/t12-/m0/s1. The van der Waals surface area contributed by atoms with Crippen molar-refractivity contribution < 1.29 is 13.6 Å². The number of hydrogen-bond acceptors (Lipinski definition) is 3. The molecule has 0 saturated carbocycles. The maximum atomic E-state index is 13.9. The van der Waals surface area contributed by atoms with Crippen molar-refractivity contribution in [3.63, 3.8) is 0 Å². The van der Waals surface area contributed by atoms with Gasteiger partial charge in [0.1, 0.15) is 11.6 Å². The molecule has 0 fully saturated rings. The highest BCUT2D eigenvalue weighted by Gasteiger charge is 2.31. The van der Waals surface area contributed by atoms with Crippen LogP contribution in [0.2, 0.25) is 0 Å². The van der Waals surface area contributed by atoms with Gasteiger partial charge in [-0.3, -0.25) is 4.79 Å². The third-order valence-electron chi connectivity index (χ3n) is 4.50. The van der Waals surface area contributed by atoms with Gasteiger partial charge in [-0.1, -0.05) is 30.3 Å². The molecular weight excluding hydrogens is 338 g/mol. The lowest BCUT2D eigenvalue weighted by Crippen LogP contribution is -2.40. The second-order valence-electron chi connectivity index (χ2n) is 6.33. The first-order valence-corrected chi connectivity index (χ1v) is 8.28. The first kappa shape index (κ1) is 16.4. The molecule has 0 spiro atoms. The number of carbonyl (C=O) groups excluding carboxylic acids is 1.